The molecule has 0 aliphatic carbocycles. The molecule has 0 amide bonds. The van der Waals surface area contributed by atoms with E-state index in [1.165, 1.54) is 18.2 Å². The van der Waals surface area contributed by atoms with Crippen LogP contribution in [0.5, 0.6) is 5.75 Å². The van der Waals surface area contributed by atoms with Crippen LogP contribution in [0.4, 0.5) is 0 Å². The molecule has 0 aliphatic rings. The van der Waals surface area contributed by atoms with Crippen LogP contribution in [0, 0.1) is 0 Å². The normalized spacial score (nSPS) is 11.7. The monoisotopic (exact) mass is 373 g/mol. The Balaban J connectivity index is 2.08. The summed E-state index contributed by atoms with van der Waals surface area (Å²) < 4.78 is 32.7. The van der Waals surface area contributed by atoms with Crippen molar-refractivity contribution in [2.75, 3.05) is 0 Å². The number of halogens is 2. The van der Waals surface area contributed by atoms with Gasteiger partial charge in [0.25, 0.3) is 0 Å². The van der Waals surface area contributed by atoms with Crippen molar-refractivity contribution < 1.29 is 13.2 Å². The molecule has 0 fully saturated rings. The van der Waals surface area contributed by atoms with Gasteiger partial charge in [0.05, 0.1) is 11.1 Å². The highest BCUT2D eigenvalue weighted by Crippen LogP contribution is 2.25. The first-order valence-electron chi connectivity index (χ1n) is 6.98. The maximum atomic E-state index is 12.3. The van der Waals surface area contributed by atoms with Gasteiger partial charge in [-0.15, -0.1) is 0 Å². The summed E-state index contributed by atoms with van der Waals surface area (Å²) in [6, 6.07) is 11.5. The summed E-state index contributed by atoms with van der Waals surface area (Å²) in [7, 11) is -3.74. The minimum absolute atomic E-state index is 0.0357. The van der Waals surface area contributed by atoms with E-state index in [1.807, 2.05) is 13.8 Å². The van der Waals surface area contributed by atoms with Crippen molar-refractivity contribution in [3.8, 4) is 5.75 Å². The van der Waals surface area contributed by atoms with Crippen LogP contribution in [0.2, 0.25) is 10.0 Å². The second kappa shape index (κ2) is 7.53. The zero-order chi connectivity index (χ0) is 17.0. The highest BCUT2D eigenvalue weighted by Gasteiger charge is 2.18. The molecule has 4 nitrogen and oxygen atoms in total. The molecular formula is C16H17Cl2NO3S. The molecule has 0 spiro atoms. The number of hydrogen-bond donors (Lipinski definition) is 1. The Morgan fingerprint density at radius 3 is 2.35 bits per heavy atom. The van der Waals surface area contributed by atoms with E-state index in [0.29, 0.717) is 5.02 Å². The fourth-order valence-corrected chi connectivity index (χ4v) is 3.68. The van der Waals surface area contributed by atoms with Crippen molar-refractivity contribution in [1.29, 1.82) is 0 Å². The summed E-state index contributed by atoms with van der Waals surface area (Å²) in [4.78, 5) is -0.0357. The molecule has 23 heavy (non-hydrogen) atoms. The van der Waals surface area contributed by atoms with Crippen LogP contribution in [0.3, 0.4) is 0 Å². The molecule has 2 rings (SSSR count). The molecule has 0 bridgehead atoms. The van der Waals surface area contributed by atoms with Gasteiger partial charge in [0, 0.05) is 11.6 Å². The maximum absolute atomic E-state index is 12.3. The van der Waals surface area contributed by atoms with E-state index in [9.17, 15) is 8.42 Å². The van der Waals surface area contributed by atoms with Crippen molar-refractivity contribution in [2.45, 2.75) is 31.4 Å². The van der Waals surface area contributed by atoms with Crippen LogP contribution >= 0.6 is 23.2 Å². The average Bonchev–Trinajstić information content (AvgIpc) is 2.48. The van der Waals surface area contributed by atoms with E-state index in [4.69, 9.17) is 27.9 Å². The van der Waals surface area contributed by atoms with Gasteiger partial charge in [-0.05, 0) is 49.7 Å². The second-order valence-electron chi connectivity index (χ2n) is 5.21. The standard InChI is InChI=1S/C16H17Cl2NO3S/c1-11(2)22-14-6-3-12(4-7-14)10-19-23(20,21)16-9-13(17)5-8-15(16)18/h3-9,11,19H,10H2,1-2H3. The van der Waals surface area contributed by atoms with Crippen molar-refractivity contribution in [1.82, 2.24) is 4.72 Å². The molecule has 0 unspecified atom stereocenters. The summed E-state index contributed by atoms with van der Waals surface area (Å²) in [6.07, 6.45) is 0.0873. The second-order valence-corrected chi connectivity index (χ2v) is 7.79. The molecule has 1 N–H and O–H groups in total. The first-order valence-corrected chi connectivity index (χ1v) is 9.22. The van der Waals surface area contributed by atoms with E-state index in [1.54, 1.807) is 24.3 Å². The summed E-state index contributed by atoms with van der Waals surface area (Å²) in [5.74, 6) is 0.740. The molecule has 124 valence electrons. The van der Waals surface area contributed by atoms with Gasteiger partial charge in [0.15, 0.2) is 0 Å². The number of nitrogens with one attached hydrogen (secondary N) is 1. The fraction of sp³-hybridized carbons (Fsp3) is 0.250. The highest BCUT2D eigenvalue weighted by atomic mass is 35.5. The molecule has 0 aliphatic heterocycles. The zero-order valence-electron chi connectivity index (χ0n) is 12.7. The third-order valence-corrected chi connectivity index (χ3v) is 5.06. The van der Waals surface area contributed by atoms with Crippen LogP contribution in [-0.4, -0.2) is 14.5 Å². The van der Waals surface area contributed by atoms with Crippen molar-refractivity contribution in [3.63, 3.8) is 0 Å². The predicted octanol–water partition coefficient (Wildman–Crippen LogP) is 4.26. The van der Waals surface area contributed by atoms with E-state index >= 15 is 0 Å². The molecular weight excluding hydrogens is 357 g/mol. The summed E-state index contributed by atoms with van der Waals surface area (Å²) >= 11 is 11.8. The van der Waals surface area contributed by atoms with Gasteiger partial charge < -0.3 is 4.74 Å². The number of sulfonamides is 1. The first kappa shape index (κ1) is 18.1. The minimum atomic E-state index is -3.74. The summed E-state index contributed by atoms with van der Waals surface area (Å²) in [5, 5.41) is 0.438. The Kier molecular flexibility index (Phi) is 5.92. The van der Waals surface area contributed by atoms with Gasteiger partial charge in [-0.25, -0.2) is 13.1 Å². The van der Waals surface area contributed by atoms with Gasteiger partial charge in [-0.1, -0.05) is 35.3 Å². The Morgan fingerprint density at radius 2 is 1.74 bits per heavy atom. The Bertz CT molecular complexity index is 774. The lowest BCUT2D eigenvalue weighted by Gasteiger charge is -2.11. The van der Waals surface area contributed by atoms with Gasteiger partial charge in [0.1, 0.15) is 10.6 Å². The van der Waals surface area contributed by atoms with E-state index in [0.717, 1.165) is 11.3 Å². The number of hydrogen-bond acceptors (Lipinski definition) is 3. The molecule has 0 saturated heterocycles. The molecule has 0 radical (unpaired) electrons. The SMILES string of the molecule is CC(C)Oc1ccc(CNS(=O)(=O)c2cc(Cl)ccc2Cl)cc1. The number of benzene rings is 2. The Labute approximate surface area is 146 Å². The molecule has 2 aromatic carbocycles. The largest absolute Gasteiger partial charge is 0.491 e. The van der Waals surface area contributed by atoms with Crippen LogP contribution in [-0.2, 0) is 16.6 Å². The quantitative estimate of drug-likeness (QED) is 0.822. The third kappa shape index (κ3) is 5.11. The van der Waals surface area contributed by atoms with Gasteiger partial charge in [0.2, 0.25) is 10.0 Å². The van der Waals surface area contributed by atoms with Crippen LogP contribution in [0.25, 0.3) is 0 Å². The lowest BCUT2D eigenvalue weighted by atomic mass is 10.2. The summed E-state index contributed by atoms with van der Waals surface area (Å²) in [6.45, 7) is 4.03. The van der Waals surface area contributed by atoms with E-state index in [2.05, 4.69) is 4.72 Å². The van der Waals surface area contributed by atoms with Crippen molar-refractivity contribution >= 4 is 33.2 Å². The molecule has 0 heterocycles. The number of ether oxygens (including phenoxy) is 1. The Morgan fingerprint density at radius 1 is 1.09 bits per heavy atom. The topological polar surface area (TPSA) is 55.4 Å². The molecule has 0 saturated carbocycles. The highest BCUT2D eigenvalue weighted by molar-refractivity contribution is 7.89. The minimum Gasteiger partial charge on any atom is -0.491 e. The molecule has 2 aromatic rings. The van der Waals surface area contributed by atoms with E-state index < -0.39 is 10.0 Å². The van der Waals surface area contributed by atoms with Crippen molar-refractivity contribution in [2.24, 2.45) is 0 Å². The van der Waals surface area contributed by atoms with Gasteiger partial charge in [-0.3, -0.25) is 0 Å². The molecule has 0 aromatic heterocycles. The zero-order valence-corrected chi connectivity index (χ0v) is 15.0. The lowest BCUT2D eigenvalue weighted by Crippen LogP contribution is -2.23. The number of rotatable bonds is 6. The smallest absolute Gasteiger partial charge is 0.242 e. The third-order valence-electron chi connectivity index (χ3n) is 2.94. The predicted molar refractivity (Wildman–Crippen MR) is 92.7 cm³/mol. The van der Waals surface area contributed by atoms with E-state index in [-0.39, 0.29) is 22.6 Å². The average molecular weight is 374 g/mol. The van der Waals surface area contributed by atoms with Crippen LogP contribution in [0.15, 0.2) is 47.4 Å². The van der Waals surface area contributed by atoms with Crippen LogP contribution in [0.1, 0.15) is 19.4 Å². The van der Waals surface area contributed by atoms with Crippen molar-refractivity contribution in [3.05, 3.63) is 58.1 Å². The van der Waals surface area contributed by atoms with Crippen LogP contribution < -0.4 is 9.46 Å². The fourth-order valence-electron chi connectivity index (χ4n) is 1.90. The van der Waals surface area contributed by atoms with Gasteiger partial charge >= 0.3 is 0 Å². The molecule has 0 atom stereocenters. The first-order chi connectivity index (χ1) is 10.8. The Hall–Kier alpha value is -1.27. The maximum Gasteiger partial charge on any atom is 0.242 e. The lowest BCUT2D eigenvalue weighted by molar-refractivity contribution is 0.242. The van der Waals surface area contributed by atoms with Gasteiger partial charge in [-0.2, -0.15) is 0 Å². The summed E-state index contributed by atoms with van der Waals surface area (Å²) in [5.41, 5.74) is 0.808. The molecule has 7 heteroatoms.